The smallest absolute Gasteiger partial charge is 0.188 e. The molecule has 0 saturated heterocycles. The van der Waals surface area contributed by atoms with E-state index in [1.807, 2.05) is 78.5 Å². The highest BCUT2D eigenvalue weighted by Gasteiger charge is 2.17. The number of nitrogens with zero attached hydrogens (tertiary/aromatic N) is 3. The minimum atomic E-state index is -0.271. The van der Waals surface area contributed by atoms with E-state index in [-0.39, 0.29) is 18.0 Å². The quantitative estimate of drug-likeness (QED) is 0.216. The summed E-state index contributed by atoms with van der Waals surface area (Å²) in [4.78, 5) is 30.1. The highest BCUT2D eigenvalue weighted by Crippen LogP contribution is 2.20. The molecule has 0 bridgehead atoms. The second kappa shape index (κ2) is 9.85. The fourth-order valence-electron chi connectivity index (χ4n) is 4.30. The van der Waals surface area contributed by atoms with E-state index in [0.29, 0.717) is 24.2 Å². The van der Waals surface area contributed by atoms with Crippen molar-refractivity contribution in [1.29, 1.82) is 0 Å². The van der Waals surface area contributed by atoms with Crippen LogP contribution in [0.25, 0.3) is 10.9 Å². The molecule has 0 N–H and O–H groups in total. The second-order valence-electron chi connectivity index (χ2n) is 8.80. The van der Waals surface area contributed by atoms with Crippen LogP contribution in [0.5, 0.6) is 0 Å². The Morgan fingerprint density at radius 3 is 2.40 bits per heavy atom. The van der Waals surface area contributed by atoms with Gasteiger partial charge in [0.05, 0.1) is 24.7 Å². The first-order valence-corrected chi connectivity index (χ1v) is 11.6. The van der Waals surface area contributed by atoms with E-state index >= 15 is 0 Å². The lowest BCUT2D eigenvalue weighted by atomic mass is 9.96. The second-order valence-corrected chi connectivity index (χ2v) is 8.80. The monoisotopic (exact) mass is 459 g/mol. The largest absolute Gasteiger partial charge is 0.294 e. The number of benzene rings is 3. The van der Waals surface area contributed by atoms with Crippen LogP contribution in [-0.2, 0) is 13.0 Å². The van der Waals surface area contributed by atoms with E-state index in [1.165, 1.54) is 0 Å². The van der Waals surface area contributed by atoms with Crippen molar-refractivity contribution < 1.29 is 9.59 Å². The molecule has 5 heteroatoms. The normalized spacial score (nSPS) is 11.0. The number of para-hydroxylation sites is 1. The van der Waals surface area contributed by atoms with Crippen molar-refractivity contribution in [2.24, 2.45) is 0 Å². The standard InChI is InChI=1S/C30H25N3O2/c1-21-11-12-31-27(13-21)30(35)18-29(34)26-16-23(14-22-7-3-2-4-8-22)15-24(17-26)20-33-28-10-6-5-9-25(28)19-32-33/h2-13,15-17,19H,14,18,20H2,1H3. The summed E-state index contributed by atoms with van der Waals surface area (Å²) in [6.07, 6.45) is 3.93. The topological polar surface area (TPSA) is 64.8 Å². The zero-order valence-electron chi connectivity index (χ0n) is 19.5. The van der Waals surface area contributed by atoms with E-state index in [2.05, 4.69) is 28.3 Å². The molecule has 5 aromatic rings. The Labute approximate surface area is 204 Å². The van der Waals surface area contributed by atoms with Crippen LogP contribution in [0.4, 0.5) is 0 Å². The van der Waals surface area contributed by atoms with Crippen LogP contribution in [0.3, 0.4) is 0 Å². The van der Waals surface area contributed by atoms with Crippen molar-refractivity contribution in [1.82, 2.24) is 14.8 Å². The van der Waals surface area contributed by atoms with Crippen molar-refractivity contribution in [3.63, 3.8) is 0 Å². The molecule has 0 spiro atoms. The number of aryl methyl sites for hydroxylation is 1. The summed E-state index contributed by atoms with van der Waals surface area (Å²) in [5.41, 5.74) is 5.98. The van der Waals surface area contributed by atoms with Gasteiger partial charge in [-0.15, -0.1) is 0 Å². The molecule has 2 aromatic heterocycles. The van der Waals surface area contributed by atoms with E-state index in [0.717, 1.165) is 33.2 Å². The highest BCUT2D eigenvalue weighted by molar-refractivity contribution is 6.13. The van der Waals surface area contributed by atoms with Crippen LogP contribution in [0.1, 0.15) is 49.5 Å². The molecule has 0 unspecified atom stereocenters. The molecule has 0 saturated carbocycles. The molecule has 0 fully saturated rings. The molecule has 0 amide bonds. The van der Waals surface area contributed by atoms with Gasteiger partial charge in [0, 0.05) is 17.1 Å². The molecule has 0 radical (unpaired) electrons. The number of hydrogen-bond acceptors (Lipinski definition) is 4. The predicted octanol–water partition coefficient (Wildman–Crippen LogP) is 5.83. The summed E-state index contributed by atoms with van der Waals surface area (Å²) >= 11 is 0. The average molecular weight is 460 g/mol. The zero-order valence-corrected chi connectivity index (χ0v) is 19.5. The molecule has 0 aliphatic heterocycles. The molecular weight excluding hydrogens is 434 g/mol. The van der Waals surface area contributed by atoms with Gasteiger partial charge < -0.3 is 0 Å². The molecule has 2 heterocycles. The molecule has 0 atom stereocenters. The first kappa shape index (κ1) is 22.4. The SMILES string of the molecule is Cc1ccnc(C(=O)CC(=O)c2cc(Cc3ccccc3)cc(Cn3ncc4ccccc43)c2)c1. The number of aromatic nitrogens is 3. The number of carbonyl (C=O) groups excluding carboxylic acids is 2. The Kier molecular flexibility index (Phi) is 6.31. The van der Waals surface area contributed by atoms with Gasteiger partial charge >= 0.3 is 0 Å². The fraction of sp³-hybridized carbons (Fsp3) is 0.133. The van der Waals surface area contributed by atoms with Crippen molar-refractivity contribution in [2.45, 2.75) is 26.3 Å². The van der Waals surface area contributed by atoms with Gasteiger partial charge in [0.25, 0.3) is 0 Å². The summed E-state index contributed by atoms with van der Waals surface area (Å²) in [6, 6.07) is 27.6. The highest BCUT2D eigenvalue weighted by atomic mass is 16.1. The zero-order chi connectivity index (χ0) is 24.2. The van der Waals surface area contributed by atoms with Crippen LogP contribution in [-0.4, -0.2) is 26.3 Å². The third-order valence-electron chi connectivity index (χ3n) is 6.03. The van der Waals surface area contributed by atoms with Crippen LogP contribution >= 0.6 is 0 Å². The Balaban J connectivity index is 1.46. The summed E-state index contributed by atoms with van der Waals surface area (Å²) in [6.45, 7) is 2.43. The maximum atomic E-state index is 13.2. The van der Waals surface area contributed by atoms with Gasteiger partial charge in [-0.1, -0.05) is 54.6 Å². The van der Waals surface area contributed by atoms with Crippen molar-refractivity contribution in [2.75, 3.05) is 0 Å². The number of rotatable bonds is 8. The lowest BCUT2D eigenvalue weighted by molar-refractivity contribution is 0.0891. The predicted molar refractivity (Wildman–Crippen MR) is 137 cm³/mol. The maximum absolute atomic E-state index is 13.2. The Bertz CT molecular complexity index is 1520. The number of Topliss-reactive ketones (excluding diaryl/α,β-unsaturated/α-hetero) is 2. The van der Waals surface area contributed by atoms with E-state index in [9.17, 15) is 9.59 Å². The van der Waals surface area contributed by atoms with Gasteiger partial charge in [0.2, 0.25) is 0 Å². The minimum Gasteiger partial charge on any atom is -0.294 e. The molecule has 5 nitrogen and oxygen atoms in total. The lowest BCUT2D eigenvalue weighted by Gasteiger charge is -2.11. The lowest BCUT2D eigenvalue weighted by Crippen LogP contribution is -2.12. The maximum Gasteiger partial charge on any atom is 0.188 e. The summed E-state index contributed by atoms with van der Waals surface area (Å²) in [7, 11) is 0. The molecule has 3 aromatic carbocycles. The van der Waals surface area contributed by atoms with E-state index in [4.69, 9.17) is 0 Å². The Hall–Kier alpha value is -4.38. The van der Waals surface area contributed by atoms with Gasteiger partial charge in [0.1, 0.15) is 5.69 Å². The molecule has 0 aliphatic carbocycles. The molecule has 0 aliphatic rings. The van der Waals surface area contributed by atoms with Crippen LogP contribution in [0.15, 0.2) is 97.3 Å². The van der Waals surface area contributed by atoms with Gasteiger partial charge in [-0.25, -0.2) is 0 Å². The number of hydrogen-bond donors (Lipinski definition) is 0. The summed E-state index contributed by atoms with van der Waals surface area (Å²) in [5, 5.41) is 5.61. The third kappa shape index (κ3) is 5.25. The van der Waals surface area contributed by atoms with Gasteiger partial charge in [-0.3, -0.25) is 19.3 Å². The molecule has 172 valence electrons. The summed E-state index contributed by atoms with van der Waals surface area (Å²) in [5.74, 6) is -0.480. The first-order chi connectivity index (χ1) is 17.0. The van der Waals surface area contributed by atoms with Crippen molar-refractivity contribution in [3.05, 3.63) is 131 Å². The fourth-order valence-corrected chi connectivity index (χ4v) is 4.30. The number of ketones is 2. The third-order valence-corrected chi connectivity index (χ3v) is 6.03. The average Bonchev–Trinajstić information content (AvgIpc) is 3.27. The molecule has 5 rings (SSSR count). The van der Waals surface area contributed by atoms with Gasteiger partial charge in [0.15, 0.2) is 11.6 Å². The number of fused-ring (bicyclic) bond motifs is 1. The van der Waals surface area contributed by atoms with Gasteiger partial charge in [-0.2, -0.15) is 5.10 Å². The van der Waals surface area contributed by atoms with Crippen LogP contribution < -0.4 is 0 Å². The van der Waals surface area contributed by atoms with Crippen LogP contribution in [0.2, 0.25) is 0 Å². The molecular formula is C30H25N3O2. The first-order valence-electron chi connectivity index (χ1n) is 11.6. The molecule has 35 heavy (non-hydrogen) atoms. The Morgan fingerprint density at radius 2 is 1.57 bits per heavy atom. The van der Waals surface area contributed by atoms with Crippen molar-refractivity contribution in [3.8, 4) is 0 Å². The summed E-state index contributed by atoms with van der Waals surface area (Å²) < 4.78 is 1.94. The number of carbonyl (C=O) groups is 2. The van der Waals surface area contributed by atoms with Gasteiger partial charge in [-0.05, 0) is 65.9 Å². The van der Waals surface area contributed by atoms with Crippen molar-refractivity contribution >= 4 is 22.5 Å². The minimum absolute atomic E-state index is 0.209. The van der Waals surface area contributed by atoms with Crippen LogP contribution in [0, 0.1) is 6.92 Å². The van der Waals surface area contributed by atoms with E-state index in [1.54, 1.807) is 12.3 Å². The number of pyridine rings is 1. The van der Waals surface area contributed by atoms with E-state index < -0.39 is 0 Å². The Morgan fingerprint density at radius 1 is 0.800 bits per heavy atom.